The van der Waals surface area contributed by atoms with Gasteiger partial charge in [0.2, 0.25) is 0 Å². The number of benzene rings is 2. The lowest BCUT2D eigenvalue weighted by Crippen LogP contribution is -2.34. The van der Waals surface area contributed by atoms with E-state index in [1.54, 1.807) is 61.7 Å². The van der Waals surface area contributed by atoms with Crippen LogP contribution in [0, 0.1) is 0 Å². The molecule has 0 fully saturated rings. The van der Waals surface area contributed by atoms with Gasteiger partial charge in [0.25, 0.3) is 11.8 Å². The third-order valence-corrected chi connectivity index (χ3v) is 3.12. The number of esters is 1. The topological polar surface area (TPSA) is 81.7 Å². The number of methoxy groups -OCH3 is 1. The predicted molar refractivity (Wildman–Crippen MR) is 86.4 cm³/mol. The Morgan fingerprint density at radius 2 is 1.58 bits per heavy atom. The lowest BCUT2D eigenvalue weighted by Gasteiger charge is -2.06. The average molecular weight is 327 g/mol. The van der Waals surface area contributed by atoms with Gasteiger partial charge in [0.15, 0.2) is 6.61 Å². The Labute approximate surface area is 139 Å². The van der Waals surface area contributed by atoms with E-state index in [9.17, 15) is 14.4 Å². The number of rotatable bonds is 6. The molecule has 6 nitrogen and oxygen atoms in total. The number of carbonyl (C=O) groups excluding carboxylic acids is 3. The summed E-state index contributed by atoms with van der Waals surface area (Å²) in [6.45, 7) is -0.0867. The van der Waals surface area contributed by atoms with Gasteiger partial charge < -0.3 is 9.47 Å². The number of hydrogen-bond donors (Lipinski definition) is 1. The molecule has 0 aliphatic carbocycles. The fourth-order valence-corrected chi connectivity index (χ4v) is 1.94. The number of nitrogens with one attached hydrogen (secondary N) is 1. The van der Waals surface area contributed by atoms with Crippen molar-refractivity contribution in [2.24, 2.45) is 0 Å². The second-order valence-electron chi connectivity index (χ2n) is 4.95. The van der Waals surface area contributed by atoms with Crippen molar-refractivity contribution in [3.63, 3.8) is 0 Å². The maximum absolute atomic E-state index is 11.9. The fraction of sp³-hybridized carbons (Fsp3) is 0.167. The van der Waals surface area contributed by atoms with Crippen LogP contribution in [0.2, 0.25) is 0 Å². The molecule has 1 N–H and O–H groups in total. The van der Waals surface area contributed by atoms with Gasteiger partial charge in [0.1, 0.15) is 0 Å². The highest BCUT2D eigenvalue weighted by atomic mass is 16.5. The molecule has 0 unspecified atom stereocenters. The first-order chi connectivity index (χ1) is 11.6. The predicted octanol–water partition coefficient (Wildman–Crippen LogP) is 1.95. The van der Waals surface area contributed by atoms with Crippen LogP contribution in [-0.4, -0.2) is 31.5 Å². The van der Waals surface area contributed by atoms with Crippen molar-refractivity contribution in [2.75, 3.05) is 13.7 Å². The van der Waals surface area contributed by atoms with Crippen LogP contribution in [0.15, 0.2) is 54.6 Å². The van der Waals surface area contributed by atoms with Crippen LogP contribution in [0.4, 0.5) is 0 Å². The van der Waals surface area contributed by atoms with Crippen LogP contribution in [-0.2, 0) is 20.9 Å². The molecule has 0 saturated heterocycles. The second kappa shape index (κ2) is 8.59. The van der Waals surface area contributed by atoms with Crippen LogP contribution in [0.25, 0.3) is 0 Å². The van der Waals surface area contributed by atoms with E-state index in [-0.39, 0.29) is 0 Å². The molecule has 0 saturated carbocycles. The van der Waals surface area contributed by atoms with Gasteiger partial charge in [-0.3, -0.25) is 14.9 Å². The summed E-state index contributed by atoms with van der Waals surface area (Å²) in [5, 5.41) is 2.16. The van der Waals surface area contributed by atoms with Crippen molar-refractivity contribution in [3.05, 3.63) is 71.3 Å². The van der Waals surface area contributed by atoms with E-state index < -0.39 is 24.4 Å². The van der Waals surface area contributed by atoms with E-state index in [1.807, 2.05) is 0 Å². The van der Waals surface area contributed by atoms with Crippen LogP contribution >= 0.6 is 0 Å². The van der Waals surface area contributed by atoms with Gasteiger partial charge in [0.05, 0.1) is 12.2 Å². The third-order valence-electron chi connectivity index (χ3n) is 3.12. The summed E-state index contributed by atoms with van der Waals surface area (Å²) < 4.78 is 9.87. The van der Waals surface area contributed by atoms with Gasteiger partial charge in [-0.1, -0.05) is 30.3 Å². The van der Waals surface area contributed by atoms with E-state index in [0.29, 0.717) is 17.7 Å². The lowest BCUT2D eigenvalue weighted by atomic mass is 10.1. The molecule has 0 aliphatic heterocycles. The van der Waals surface area contributed by atoms with Gasteiger partial charge in [-0.25, -0.2) is 4.79 Å². The minimum atomic E-state index is -0.687. The first-order valence-electron chi connectivity index (χ1n) is 7.24. The summed E-state index contributed by atoms with van der Waals surface area (Å²) in [5.74, 6) is -1.87. The molecule has 24 heavy (non-hydrogen) atoms. The number of amides is 2. The quantitative estimate of drug-likeness (QED) is 0.820. The van der Waals surface area contributed by atoms with Crippen molar-refractivity contribution >= 4 is 17.8 Å². The largest absolute Gasteiger partial charge is 0.452 e. The molecular weight excluding hydrogens is 310 g/mol. The molecule has 0 radical (unpaired) electrons. The normalized spacial score (nSPS) is 10.0. The summed E-state index contributed by atoms with van der Waals surface area (Å²) >= 11 is 0. The minimum Gasteiger partial charge on any atom is -0.452 e. The van der Waals surface area contributed by atoms with Crippen LogP contribution in [0.5, 0.6) is 0 Å². The molecule has 2 aromatic carbocycles. The molecular formula is C18H17NO5. The monoisotopic (exact) mass is 327 g/mol. The van der Waals surface area contributed by atoms with Gasteiger partial charge in [-0.15, -0.1) is 0 Å². The molecule has 0 bridgehead atoms. The highest BCUT2D eigenvalue weighted by molar-refractivity contribution is 6.05. The van der Waals surface area contributed by atoms with Crippen molar-refractivity contribution in [1.82, 2.24) is 5.32 Å². The standard InChI is InChI=1S/C18H17NO5/c1-23-11-13-7-9-15(10-8-13)18(22)24-12-16(20)19-17(21)14-5-3-2-4-6-14/h2-10H,11-12H2,1H3,(H,19,20,21). The van der Waals surface area contributed by atoms with Crippen LogP contribution in [0.1, 0.15) is 26.3 Å². The lowest BCUT2D eigenvalue weighted by molar-refractivity contribution is -0.123. The summed E-state index contributed by atoms with van der Waals surface area (Å²) in [7, 11) is 1.58. The Bertz CT molecular complexity index is 710. The summed E-state index contributed by atoms with van der Waals surface area (Å²) in [6, 6.07) is 14.9. The molecule has 124 valence electrons. The van der Waals surface area contributed by atoms with Crippen molar-refractivity contribution < 1.29 is 23.9 Å². The summed E-state index contributed by atoms with van der Waals surface area (Å²) in [4.78, 5) is 35.3. The molecule has 2 aromatic rings. The third kappa shape index (κ3) is 5.03. The molecule has 2 rings (SSSR count). The summed E-state index contributed by atoms with van der Waals surface area (Å²) in [6.07, 6.45) is 0. The first-order valence-corrected chi connectivity index (χ1v) is 7.24. The van der Waals surface area contributed by atoms with Crippen molar-refractivity contribution in [1.29, 1.82) is 0 Å². The first kappa shape index (κ1) is 17.4. The molecule has 0 spiro atoms. The van der Waals surface area contributed by atoms with Crippen molar-refractivity contribution in [3.8, 4) is 0 Å². The Balaban J connectivity index is 1.82. The minimum absolute atomic E-state index is 0.317. The Kier molecular flexibility index (Phi) is 6.22. The maximum atomic E-state index is 11.9. The van der Waals surface area contributed by atoms with Crippen molar-refractivity contribution in [2.45, 2.75) is 6.61 Å². The fourth-order valence-electron chi connectivity index (χ4n) is 1.94. The molecule has 6 heteroatoms. The van der Waals surface area contributed by atoms with E-state index >= 15 is 0 Å². The second-order valence-corrected chi connectivity index (χ2v) is 4.95. The van der Waals surface area contributed by atoms with Crippen LogP contribution < -0.4 is 5.32 Å². The van der Waals surface area contributed by atoms with E-state index in [4.69, 9.17) is 9.47 Å². The number of hydrogen-bond acceptors (Lipinski definition) is 5. The molecule has 0 heterocycles. The molecule has 0 aliphatic rings. The molecule has 0 aromatic heterocycles. The number of carbonyl (C=O) groups is 3. The van der Waals surface area contributed by atoms with Gasteiger partial charge >= 0.3 is 5.97 Å². The number of imide groups is 1. The maximum Gasteiger partial charge on any atom is 0.338 e. The smallest absolute Gasteiger partial charge is 0.338 e. The SMILES string of the molecule is COCc1ccc(C(=O)OCC(=O)NC(=O)c2ccccc2)cc1. The van der Waals surface area contributed by atoms with E-state index in [2.05, 4.69) is 5.32 Å². The zero-order chi connectivity index (χ0) is 17.4. The highest BCUT2D eigenvalue weighted by Crippen LogP contribution is 2.07. The van der Waals surface area contributed by atoms with E-state index in [1.165, 1.54) is 0 Å². The Morgan fingerprint density at radius 3 is 2.21 bits per heavy atom. The van der Waals surface area contributed by atoms with Gasteiger partial charge in [-0.2, -0.15) is 0 Å². The average Bonchev–Trinajstić information content (AvgIpc) is 2.61. The highest BCUT2D eigenvalue weighted by Gasteiger charge is 2.13. The van der Waals surface area contributed by atoms with Crippen LogP contribution in [0.3, 0.4) is 0 Å². The van der Waals surface area contributed by atoms with Gasteiger partial charge in [0, 0.05) is 12.7 Å². The molecule has 2 amide bonds. The van der Waals surface area contributed by atoms with E-state index in [0.717, 1.165) is 5.56 Å². The molecule has 0 atom stereocenters. The van der Waals surface area contributed by atoms with Gasteiger partial charge in [-0.05, 0) is 29.8 Å². The zero-order valence-corrected chi connectivity index (χ0v) is 13.2. The summed E-state index contributed by atoms with van der Waals surface area (Å²) in [5.41, 5.74) is 1.59. The zero-order valence-electron chi connectivity index (χ0n) is 13.2. The number of ether oxygens (including phenoxy) is 2. The Hall–Kier alpha value is -2.99. The Morgan fingerprint density at radius 1 is 0.917 bits per heavy atom.